The van der Waals surface area contributed by atoms with Gasteiger partial charge in [-0.1, -0.05) is 13.8 Å². The van der Waals surface area contributed by atoms with Gasteiger partial charge in [-0.15, -0.1) is 11.3 Å². The highest BCUT2D eigenvalue weighted by atomic mass is 32.1. The van der Waals surface area contributed by atoms with E-state index in [-0.39, 0.29) is 5.92 Å². The predicted octanol–water partition coefficient (Wildman–Crippen LogP) is 2.02. The summed E-state index contributed by atoms with van der Waals surface area (Å²) in [4.78, 5) is 0.877. The fourth-order valence-electron chi connectivity index (χ4n) is 1.65. The third-order valence-corrected chi connectivity index (χ3v) is 3.65. The van der Waals surface area contributed by atoms with Gasteiger partial charge >= 0.3 is 0 Å². The Bertz CT molecular complexity index is 299. The van der Waals surface area contributed by atoms with E-state index in [0.717, 1.165) is 10.6 Å². The maximum absolute atomic E-state index is 10.2. The molecule has 0 spiro atoms. The van der Waals surface area contributed by atoms with Crippen LogP contribution in [0.1, 0.15) is 24.8 Å². The van der Waals surface area contributed by atoms with E-state index in [1.165, 1.54) is 11.3 Å². The summed E-state index contributed by atoms with van der Waals surface area (Å²) in [5, 5.41) is 12.1. The zero-order valence-electron chi connectivity index (χ0n) is 9.43. The van der Waals surface area contributed by atoms with Crippen LogP contribution in [-0.2, 0) is 0 Å². The van der Waals surface area contributed by atoms with E-state index in [1.807, 2.05) is 11.4 Å². The summed E-state index contributed by atoms with van der Waals surface area (Å²) in [7, 11) is 1.62. The molecule has 86 valence electrons. The van der Waals surface area contributed by atoms with Gasteiger partial charge < -0.3 is 15.6 Å². The predicted molar refractivity (Wildman–Crippen MR) is 63.2 cm³/mol. The van der Waals surface area contributed by atoms with Gasteiger partial charge in [0, 0.05) is 5.92 Å². The first-order chi connectivity index (χ1) is 7.11. The topological polar surface area (TPSA) is 55.5 Å². The molecule has 0 saturated heterocycles. The number of ether oxygens (including phenoxy) is 1. The summed E-state index contributed by atoms with van der Waals surface area (Å²) in [5.41, 5.74) is 5.68. The van der Waals surface area contributed by atoms with Crippen molar-refractivity contribution in [3.63, 3.8) is 0 Å². The van der Waals surface area contributed by atoms with E-state index < -0.39 is 6.10 Å². The smallest absolute Gasteiger partial charge is 0.135 e. The van der Waals surface area contributed by atoms with E-state index >= 15 is 0 Å². The molecule has 1 aromatic heterocycles. The molecule has 0 aromatic carbocycles. The lowest BCUT2D eigenvalue weighted by Gasteiger charge is -2.24. The van der Waals surface area contributed by atoms with Gasteiger partial charge in [-0.3, -0.25) is 0 Å². The van der Waals surface area contributed by atoms with Crippen LogP contribution in [0.5, 0.6) is 5.75 Å². The lowest BCUT2D eigenvalue weighted by atomic mass is 9.89. The van der Waals surface area contributed by atoms with Gasteiger partial charge in [0.05, 0.1) is 18.1 Å². The number of rotatable bonds is 5. The summed E-state index contributed by atoms with van der Waals surface area (Å²) in [5.74, 6) is 1.20. The maximum Gasteiger partial charge on any atom is 0.135 e. The highest BCUT2D eigenvalue weighted by Crippen LogP contribution is 2.36. The number of aliphatic hydroxyl groups is 1. The standard InChI is InChI=1S/C11H19NO2S/c1-7(2)8(6-12)10(13)11-9(14-3)4-5-15-11/h4-5,7-8,10,13H,6,12H2,1-3H3. The average molecular weight is 229 g/mol. The summed E-state index contributed by atoms with van der Waals surface area (Å²) < 4.78 is 5.19. The Morgan fingerprint density at radius 1 is 1.53 bits per heavy atom. The minimum absolute atomic E-state index is 0.0811. The van der Waals surface area contributed by atoms with Gasteiger partial charge in [0.25, 0.3) is 0 Å². The van der Waals surface area contributed by atoms with Gasteiger partial charge in [0.1, 0.15) is 5.75 Å². The first-order valence-electron chi connectivity index (χ1n) is 5.11. The van der Waals surface area contributed by atoms with Crippen LogP contribution in [0.4, 0.5) is 0 Å². The minimum atomic E-state index is -0.523. The van der Waals surface area contributed by atoms with Crippen LogP contribution in [0.15, 0.2) is 11.4 Å². The third kappa shape index (κ3) is 2.71. The summed E-state index contributed by atoms with van der Waals surface area (Å²) >= 11 is 1.51. The van der Waals surface area contributed by atoms with E-state index in [9.17, 15) is 5.11 Å². The van der Waals surface area contributed by atoms with Crippen molar-refractivity contribution in [1.82, 2.24) is 0 Å². The molecule has 0 saturated carbocycles. The van der Waals surface area contributed by atoms with Crippen LogP contribution in [-0.4, -0.2) is 18.8 Å². The number of methoxy groups -OCH3 is 1. The first kappa shape index (κ1) is 12.5. The second-order valence-corrected chi connectivity index (χ2v) is 4.89. The van der Waals surface area contributed by atoms with Crippen molar-refractivity contribution in [3.8, 4) is 5.75 Å². The molecule has 0 aliphatic rings. The normalized spacial score (nSPS) is 15.3. The minimum Gasteiger partial charge on any atom is -0.495 e. The Balaban J connectivity index is 2.87. The summed E-state index contributed by atoms with van der Waals surface area (Å²) in [6.45, 7) is 4.63. The first-order valence-corrected chi connectivity index (χ1v) is 5.99. The van der Waals surface area contributed by atoms with Gasteiger partial charge in [0.15, 0.2) is 0 Å². The number of nitrogens with two attached hydrogens (primary N) is 1. The molecule has 1 aromatic rings. The second kappa shape index (κ2) is 5.49. The van der Waals surface area contributed by atoms with E-state index in [1.54, 1.807) is 7.11 Å². The molecule has 1 rings (SSSR count). The van der Waals surface area contributed by atoms with E-state index in [2.05, 4.69) is 13.8 Å². The number of aliphatic hydroxyl groups excluding tert-OH is 1. The van der Waals surface area contributed by atoms with Crippen LogP contribution in [0, 0.1) is 11.8 Å². The molecule has 4 heteroatoms. The number of hydrogen-bond acceptors (Lipinski definition) is 4. The van der Waals surface area contributed by atoms with Crippen LogP contribution in [0.3, 0.4) is 0 Å². The SMILES string of the molecule is COc1ccsc1C(O)C(CN)C(C)C. The van der Waals surface area contributed by atoms with Crippen molar-refractivity contribution < 1.29 is 9.84 Å². The quantitative estimate of drug-likeness (QED) is 0.812. The average Bonchev–Trinajstić information content (AvgIpc) is 2.65. The van der Waals surface area contributed by atoms with Crippen LogP contribution < -0.4 is 10.5 Å². The molecule has 3 N–H and O–H groups in total. The molecule has 2 unspecified atom stereocenters. The molecule has 0 radical (unpaired) electrons. The van der Waals surface area contributed by atoms with Crippen molar-refractivity contribution in [2.24, 2.45) is 17.6 Å². The fraction of sp³-hybridized carbons (Fsp3) is 0.636. The molecule has 0 bridgehead atoms. The second-order valence-electron chi connectivity index (χ2n) is 3.94. The molecule has 0 aliphatic carbocycles. The lowest BCUT2D eigenvalue weighted by molar-refractivity contribution is 0.0870. The zero-order valence-corrected chi connectivity index (χ0v) is 10.3. The van der Waals surface area contributed by atoms with Crippen molar-refractivity contribution in [2.45, 2.75) is 20.0 Å². The van der Waals surface area contributed by atoms with Crippen molar-refractivity contribution >= 4 is 11.3 Å². The zero-order chi connectivity index (χ0) is 11.4. The monoisotopic (exact) mass is 229 g/mol. The van der Waals surface area contributed by atoms with Gasteiger partial charge in [-0.25, -0.2) is 0 Å². The highest BCUT2D eigenvalue weighted by molar-refractivity contribution is 7.10. The van der Waals surface area contributed by atoms with Gasteiger partial charge in [0.2, 0.25) is 0 Å². The largest absolute Gasteiger partial charge is 0.495 e. The van der Waals surface area contributed by atoms with Crippen molar-refractivity contribution in [3.05, 3.63) is 16.3 Å². The number of thiophene rings is 1. The molecule has 0 fully saturated rings. The Labute approximate surface area is 94.9 Å². The Kier molecular flexibility index (Phi) is 4.57. The molecule has 2 atom stereocenters. The molecule has 3 nitrogen and oxygen atoms in total. The third-order valence-electron chi connectivity index (χ3n) is 2.68. The van der Waals surface area contributed by atoms with Crippen molar-refractivity contribution in [1.29, 1.82) is 0 Å². The molecular formula is C11H19NO2S. The van der Waals surface area contributed by atoms with Crippen LogP contribution >= 0.6 is 11.3 Å². The van der Waals surface area contributed by atoms with E-state index in [0.29, 0.717) is 12.5 Å². The molecule has 1 heterocycles. The summed E-state index contributed by atoms with van der Waals surface area (Å²) in [6, 6.07) is 1.87. The Morgan fingerprint density at radius 2 is 2.20 bits per heavy atom. The van der Waals surface area contributed by atoms with E-state index in [4.69, 9.17) is 10.5 Å². The molecule has 0 amide bonds. The van der Waals surface area contributed by atoms with Gasteiger partial charge in [-0.2, -0.15) is 0 Å². The molecule has 0 aliphatic heterocycles. The summed E-state index contributed by atoms with van der Waals surface area (Å²) in [6.07, 6.45) is -0.523. The Morgan fingerprint density at radius 3 is 2.67 bits per heavy atom. The van der Waals surface area contributed by atoms with Crippen molar-refractivity contribution in [2.75, 3.05) is 13.7 Å². The van der Waals surface area contributed by atoms with Gasteiger partial charge in [-0.05, 0) is 23.9 Å². The fourth-order valence-corrected chi connectivity index (χ4v) is 2.57. The number of hydrogen-bond donors (Lipinski definition) is 2. The molecule has 15 heavy (non-hydrogen) atoms. The molecular weight excluding hydrogens is 210 g/mol. The Hall–Kier alpha value is -0.580. The van der Waals surface area contributed by atoms with Crippen LogP contribution in [0.25, 0.3) is 0 Å². The highest BCUT2D eigenvalue weighted by Gasteiger charge is 2.26. The lowest BCUT2D eigenvalue weighted by Crippen LogP contribution is -2.26. The maximum atomic E-state index is 10.2. The van der Waals surface area contributed by atoms with Crippen LogP contribution in [0.2, 0.25) is 0 Å².